The number of hydrogen-bond acceptors (Lipinski definition) is 9. The number of fused-ring (bicyclic) bond motifs is 6. The van der Waals surface area contributed by atoms with E-state index in [-0.39, 0.29) is 25.0 Å². The number of aliphatic hydroxyl groups excluding tert-OH is 2. The standard InChI is InChI=1S/C36H32N2O9/c39-17-31(37-35(43)45-19-29-25-13-5-1-9-21(25)22-10-2-6-14-26(22)29)33(41)47-34(42)32(18-40)38-36(44)46-20-30-27-15-7-3-11-23(27)24-12-4-8-16-28(24)30/h1-16,29-32,39-40H,17-20H2,(H,37,43)(H,38,44)/t31-,32-/m0/s1. The molecule has 0 saturated carbocycles. The number of benzene rings is 4. The van der Waals surface area contributed by atoms with E-state index in [4.69, 9.17) is 14.2 Å². The van der Waals surface area contributed by atoms with Crippen LogP contribution in [0.25, 0.3) is 22.3 Å². The molecule has 2 amide bonds. The van der Waals surface area contributed by atoms with Crippen molar-refractivity contribution in [1.82, 2.24) is 10.6 Å². The molecule has 0 spiro atoms. The minimum Gasteiger partial charge on any atom is -0.449 e. The molecule has 0 unspecified atom stereocenters. The average Bonchev–Trinajstić information content (AvgIpc) is 3.60. The Kier molecular flexibility index (Phi) is 9.28. The molecule has 4 N–H and O–H groups in total. The Morgan fingerprint density at radius 1 is 0.532 bits per heavy atom. The molecule has 11 heteroatoms. The summed E-state index contributed by atoms with van der Waals surface area (Å²) >= 11 is 0. The van der Waals surface area contributed by atoms with Gasteiger partial charge < -0.3 is 35.1 Å². The average molecular weight is 637 g/mol. The van der Waals surface area contributed by atoms with Crippen molar-refractivity contribution in [2.24, 2.45) is 0 Å². The molecule has 0 radical (unpaired) electrons. The molecule has 4 aromatic rings. The quantitative estimate of drug-likeness (QED) is 0.115. The van der Waals surface area contributed by atoms with Crippen LogP contribution < -0.4 is 10.6 Å². The zero-order valence-corrected chi connectivity index (χ0v) is 25.1. The molecule has 2 aliphatic carbocycles. The van der Waals surface area contributed by atoms with Gasteiger partial charge in [-0.25, -0.2) is 19.2 Å². The highest BCUT2D eigenvalue weighted by Crippen LogP contribution is 2.45. The van der Waals surface area contributed by atoms with Gasteiger partial charge in [0, 0.05) is 11.8 Å². The van der Waals surface area contributed by atoms with Crippen LogP contribution in [-0.2, 0) is 23.8 Å². The minimum absolute atomic E-state index is 0.0391. The van der Waals surface area contributed by atoms with E-state index in [0.717, 1.165) is 44.5 Å². The molecule has 240 valence electrons. The zero-order chi connectivity index (χ0) is 32.9. The van der Waals surface area contributed by atoms with Crippen molar-refractivity contribution >= 4 is 24.1 Å². The number of nitrogens with one attached hydrogen (secondary N) is 2. The maximum Gasteiger partial charge on any atom is 0.407 e. The second-order valence-corrected chi connectivity index (χ2v) is 11.2. The Morgan fingerprint density at radius 3 is 1.13 bits per heavy atom. The maximum atomic E-state index is 12.6. The van der Waals surface area contributed by atoms with Crippen LogP contribution in [0.1, 0.15) is 34.1 Å². The fourth-order valence-corrected chi connectivity index (χ4v) is 6.16. The van der Waals surface area contributed by atoms with Crippen LogP contribution in [0.2, 0.25) is 0 Å². The topological polar surface area (TPSA) is 160 Å². The molecule has 2 aliphatic rings. The number of hydrogen-bond donors (Lipinski definition) is 4. The Labute approximate surface area is 270 Å². The highest BCUT2D eigenvalue weighted by atomic mass is 16.6. The first-order chi connectivity index (χ1) is 22.9. The van der Waals surface area contributed by atoms with Crippen molar-refractivity contribution in [3.8, 4) is 22.3 Å². The smallest absolute Gasteiger partial charge is 0.407 e. The summed E-state index contributed by atoms with van der Waals surface area (Å²) in [5.74, 6) is -3.08. The summed E-state index contributed by atoms with van der Waals surface area (Å²) in [6.45, 7) is -1.88. The lowest BCUT2D eigenvalue weighted by atomic mass is 9.98. The van der Waals surface area contributed by atoms with Gasteiger partial charge in [0.2, 0.25) is 0 Å². The Hall–Kier alpha value is -5.52. The summed E-state index contributed by atoms with van der Waals surface area (Å²) in [6, 6.07) is 27.8. The highest BCUT2D eigenvalue weighted by molar-refractivity contribution is 5.93. The van der Waals surface area contributed by atoms with Crippen LogP contribution in [0, 0.1) is 0 Å². The SMILES string of the molecule is O=C(N[C@@H](CO)C(=O)OC(=O)[C@H](CO)NC(=O)OCC1c2ccccc2-c2ccccc21)OCC1c2ccccc2-c2ccccc21. The van der Waals surface area contributed by atoms with Gasteiger partial charge >= 0.3 is 24.1 Å². The van der Waals surface area contributed by atoms with Crippen LogP contribution in [0.4, 0.5) is 9.59 Å². The fraction of sp³-hybridized carbons (Fsp3) is 0.222. The molecule has 0 fully saturated rings. The Morgan fingerprint density at radius 2 is 0.830 bits per heavy atom. The fourth-order valence-electron chi connectivity index (χ4n) is 6.16. The van der Waals surface area contributed by atoms with Gasteiger partial charge in [0.1, 0.15) is 13.2 Å². The largest absolute Gasteiger partial charge is 0.449 e. The monoisotopic (exact) mass is 636 g/mol. The second-order valence-electron chi connectivity index (χ2n) is 11.2. The molecule has 0 bridgehead atoms. The van der Waals surface area contributed by atoms with Gasteiger partial charge in [0.25, 0.3) is 0 Å². The van der Waals surface area contributed by atoms with Crippen LogP contribution in [0.15, 0.2) is 97.1 Å². The molecule has 11 nitrogen and oxygen atoms in total. The summed E-state index contributed by atoms with van der Waals surface area (Å²) in [7, 11) is 0. The number of esters is 2. The van der Waals surface area contributed by atoms with E-state index in [1.807, 2.05) is 97.1 Å². The predicted octanol–water partition coefficient (Wildman–Crippen LogP) is 3.86. The molecule has 0 aromatic heterocycles. The predicted molar refractivity (Wildman–Crippen MR) is 169 cm³/mol. The van der Waals surface area contributed by atoms with Crippen molar-refractivity contribution in [2.75, 3.05) is 26.4 Å². The van der Waals surface area contributed by atoms with E-state index in [0.29, 0.717) is 0 Å². The molecule has 2 atom stereocenters. The number of aliphatic hydroxyl groups is 2. The molecule has 0 saturated heterocycles. The molecular weight excluding hydrogens is 604 g/mol. The van der Waals surface area contributed by atoms with Crippen molar-refractivity contribution in [3.05, 3.63) is 119 Å². The van der Waals surface area contributed by atoms with Crippen LogP contribution in [-0.4, -0.2) is 72.8 Å². The second kappa shape index (κ2) is 13.9. The van der Waals surface area contributed by atoms with E-state index in [1.54, 1.807) is 0 Å². The number of alkyl carbamates (subject to hydrolysis) is 2. The van der Waals surface area contributed by atoms with Crippen molar-refractivity contribution < 1.29 is 43.6 Å². The summed E-state index contributed by atoms with van der Waals surface area (Å²) < 4.78 is 15.5. The Balaban J connectivity index is 0.998. The normalized spacial score (nSPS) is 14.1. The molecule has 0 aliphatic heterocycles. The van der Waals surface area contributed by atoms with Crippen molar-refractivity contribution in [3.63, 3.8) is 0 Å². The lowest BCUT2D eigenvalue weighted by Crippen LogP contribution is -2.49. The third-order valence-electron chi connectivity index (χ3n) is 8.41. The van der Waals surface area contributed by atoms with E-state index in [2.05, 4.69) is 10.6 Å². The van der Waals surface area contributed by atoms with Gasteiger partial charge in [-0.05, 0) is 44.5 Å². The first kappa shape index (κ1) is 31.5. The van der Waals surface area contributed by atoms with Gasteiger partial charge in [0.15, 0.2) is 12.1 Å². The summed E-state index contributed by atoms with van der Waals surface area (Å²) in [4.78, 5) is 50.5. The lowest BCUT2D eigenvalue weighted by Gasteiger charge is -2.19. The number of carbonyl (C=O) groups excluding carboxylic acids is 4. The highest BCUT2D eigenvalue weighted by Gasteiger charge is 2.33. The van der Waals surface area contributed by atoms with Crippen LogP contribution in [0.3, 0.4) is 0 Å². The number of carbonyl (C=O) groups is 4. The van der Waals surface area contributed by atoms with E-state index in [1.165, 1.54) is 0 Å². The van der Waals surface area contributed by atoms with E-state index < -0.39 is 49.4 Å². The lowest BCUT2D eigenvalue weighted by molar-refractivity contribution is -0.163. The van der Waals surface area contributed by atoms with Crippen LogP contribution >= 0.6 is 0 Å². The first-order valence-electron chi connectivity index (χ1n) is 15.1. The van der Waals surface area contributed by atoms with Gasteiger partial charge in [-0.1, -0.05) is 97.1 Å². The summed E-state index contributed by atoms with van der Waals surface area (Å²) in [5, 5.41) is 23.9. The van der Waals surface area contributed by atoms with Crippen LogP contribution in [0.5, 0.6) is 0 Å². The number of ether oxygens (including phenoxy) is 3. The van der Waals surface area contributed by atoms with Gasteiger partial charge in [-0.15, -0.1) is 0 Å². The molecule has 4 aromatic carbocycles. The van der Waals surface area contributed by atoms with Gasteiger partial charge in [0.05, 0.1) is 13.2 Å². The third kappa shape index (κ3) is 6.44. The first-order valence-corrected chi connectivity index (χ1v) is 15.1. The van der Waals surface area contributed by atoms with Crippen molar-refractivity contribution in [1.29, 1.82) is 0 Å². The minimum atomic E-state index is -1.65. The number of rotatable bonds is 10. The summed E-state index contributed by atoms with van der Waals surface area (Å²) in [6.07, 6.45) is -2.02. The van der Waals surface area contributed by atoms with E-state index >= 15 is 0 Å². The molecule has 6 rings (SSSR count). The van der Waals surface area contributed by atoms with Gasteiger partial charge in [-0.3, -0.25) is 0 Å². The molecular formula is C36H32N2O9. The third-order valence-corrected chi connectivity index (χ3v) is 8.41. The number of amides is 2. The van der Waals surface area contributed by atoms with E-state index in [9.17, 15) is 29.4 Å². The van der Waals surface area contributed by atoms with Crippen molar-refractivity contribution in [2.45, 2.75) is 23.9 Å². The maximum absolute atomic E-state index is 12.6. The molecule has 0 heterocycles. The van der Waals surface area contributed by atoms with Gasteiger partial charge in [-0.2, -0.15) is 0 Å². The Bertz CT molecular complexity index is 1600. The molecule has 47 heavy (non-hydrogen) atoms. The summed E-state index contributed by atoms with van der Waals surface area (Å²) in [5.41, 5.74) is 8.12. The zero-order valence-electron chi connectivity index (χ0n) is 25.1.